The second-order valence-electron chi connectivity index (χ2n) is 5.04. The maximum absolute atomic E-state index is 11.4. The van der Waals surface area contributed by atoms with Crippen molar-refractivity contribution in [3.05, 3.63) is 40.8 Å². The van der Waals surface area contributed by atoms with Gasteiger partial charge in [0.1, 0.15) is 5.56 Å². The lowest BCUT2D eigenvalue weighted by molar-refractivity contribution is 0.0695. The molecule has 0 aromatic carbocycles. The van der Waals surface area contributed by atoms with Crippen molar-refractivity contribution in [2.75, 3.05) is 0 Å². The van der Waals surface area contributed by atoms with Gasteiger partial charge in [-0.3, -0.25) is 0 Å². The van der Waals surface area contributed by atoms with Crippen LogP contribution in [0, 0.1) is 13.8 Å². The van der Waals surface area contributed by atoms with Crippen LogP contribution in [0.15, 0.2) is 18.3 Å². The fourth-order valence-corrected chi connectivity index (χ4v) is 2.30. The van der Waals surface area contributed by atoms with E-state index < -0.39 is 5.97 Å². The van der Waals surface area contributed by atoms with Crippen molar-refractivity contribution >= 4 is 5.97 Å². The Morgan fingerprint density at radius 3 is 2.79 bits per heavy atom. The van der Waals surface area contributed by atoms with E-state index in [1.165, 1.54) is 12.8 Å². The minimum Gasteiger partial charge on any atom is -0.478 e. The van der Waals surface area contributed by atoms with Crippen molar-refractivity contribution in [1.29, 1.82) is 0 Å². The minimum atomic E-state index is -0.969. The number of aryl methyl sites for hydroxylation is 2. The van der Waals surface area contributed by atoms with Crippen molar-refractivity contribution in [2.45, 2.75) is 32.6 Å². The molecule has 0 unspecified atom stereocenters. The van der Waals surface area contributed by atoms with Gasteiger partial charge in [0.2, 0.25) is 0 Å². The van der Waals surface area contributed by atoms with Gasteiger partial charge in [-0.1, -0.05) is 0 Å². The van der Waals surface area contributed by atoms with Gasteiger partial charge in [0.25, 0.3) is 0 Å². The average molecular weight is 257 g/mol. The Labute approximate surface area is 110 Å². The lowest BCUT2D eigenvalue weighted by atomic mass is 10.1. The largest absolute Gasteiger partial charge is 0.478 e. The quantitative estimate of drug-likeness (QED) is 0.917. The predicted octanol–water partition coefficient (Wildman–Crippen LogP) is 2.46. The van der Waals surface area contributed by atoms with E-state index in [0.717, 1.165) is 11.4 Å². The highest BCUT2D eigenvalue weighted by molar-refractivity contribution is 5.92. The zero-order valence-electron chi connectivity index (χ0n) is 10.9. The molecule has 2 heterocycles. The van der Waals surface area contributed by atoms with Gasteiger partial charge < -0.3 is 5.11 Å². The Balaban J connectivity index is 2.13. The van der Waals surface area contributed by atoms with Gasteiger partial charge in [0, 0.05) is 17.8 Å². The molecule has 19 heavy (non-hydrogen) atoms. The number of carboxylic acids is 1. The Kier molecular flexibility index (Phi) is 2.62. The summed E-state index contributed by atoms with van der Waals surface area (Å²) in [6, 6.07) is 3.72. The molecule has 0 aliphatic heterocycles. The van der Waals surface area contributed by atoms with Gasteiger partial charge in [-0.25, -0.2) is 14.5 Å². The molecule has 2 aromatic rings. The first kappa shape index (κ1) is 11.9. The lowest BCUT2D eigenvalue weighted by Gasteiger charge is -2.09. The topological polar surface area (TPSA) is 68.0 Å². The molecule has 5 heteroatoms. The minimum absolute atomic E-state index is 0.219. The molecule has 1 N–H and O–H groups in total. The Bertz CT molecular complexity index is 657. The van der Waals surface area contributed by atoms with Crippen LogP contribution in [0.4, 0.5) is 0 Å². The molecule has 0 amide bonds. The molecule has 0 spiro atoms. The first-order chi connectivity index (χ1) is 9.06. The third-order valence-electron chi connectivity index (χ3n) is 3.36. The number of pyridine rings is 1. The van der Waals surface area contributed by atoms with E-state index in [1.54, 1.807) is 23.9 Å². The zero-order valence-corrected chi connectivity index (χ0v) is 10.9. The van der Waals surface area contributed by atoms with Gasteiger partial charge in [0.05, 0.1) is 5.69 Å². The Morgan fingerprint density at radius 2 is 2.16 bits per heavy atom. The first-order valence-electron chi connectivity index (χ1n) is 6.33. The number of nitrogens with zero attached hydrogens (tertiary/aromatic N) is 3. The summed E-state index contributed by atoms with van der Waals surface area (Å²) in [5, 5.41) is 13.8. The maximum atomic E-state index is 11.4. The van der Waals surface area contributed by atoms with E-state index in [4.69, 9.17) is 0 Å². The van der Waals surface area contributed by atoms with Crippen LogP contribution in [0.2, 0.25) is 0 Å². The molecule has 0 bridgehead atoms. The van der Waals surface area contributed by atoms with Gasteiger partial charge in [-0.2, -0.15) is 5.10 Å². The summed E-state index contributed by atoms with van der Waals surface area (Å²) >= 11 is 0. The smallest absolute Gasteiger partial charge is 0.339 e. The molecule has 0 radical (unpaired) electrons. The van der Waals surface area contributed by atoms with E-state index >= 15 is 0 Å². The van der Waals surface area contributed by atoms with Crippen LogP contribution in [0.5, 0.6) is 0 Å². The second kappa shape index (κ2) is 4.19. The van der Waals surface area contributed by atoms with E-state index in [1.807, 2.05) is 13.0 Å². The summed E-state index contributed by atoms with van der Waals surface area (Å²) in [6.45, 7) is 3.64. The molecule has 98 valence electrons. The van der Waals surface area contributed by atoms with Crippen LogP contribution in [-0.2, 0) is 0 Å². The molecule has 1 aliphatic carbocycles. The standard InChI is InChI=1S/C14H15N3O2/c1-8-7-9(2)15-13(12(8)14(18)19)17-6-5-11(16-17)10-3-4-10/h5-7,10H,3-4H2,1-2H3,(H,18,19). The number of aromatic carboxylic acids is 1. The van der Waals surface area contributed by atoms with E-state index in [0.29, 0.717) is 17.3 Å². The highest BCUT2D eigenvalue weighted by atomic mass is 16.4. The van der Waals surface area contributed by atoms with E-state index in [9.17, 15) is 9.90 Å². The van der Waals surface area contributed by atoms with Crippen LogP contribution in [-0.4, -0.2) is 25.8 Å². The number of rotatable bonds is 3. The maximum Gasteiger partial charge on any atom is 0.339 e. The molecule has 1 saturated carbocycles. The molecular formula is C14H15N3O2. The fourth-order valence-electron chi connectivity index (χ4n) is 2.30. The van der Waals surface area contributed by atoms with Crippen molar-refractivity contribution in [2.24, 2.45) is 0 Å². The van der Waals surface area contributed by atoms with Gasteiger partial charge in [-0.15, -0.1) is 0 Å². The van der Waals surface area contributed by atoms with E-state index in [-0.39, 0.29) is 5.56 Å². The molecule has 2 aromatic heterocycles. The SMILES string of the molecule is Cc1cc(C)c(C(=O)O)c(-n2ccc(C3CC3)n2)n1. The molecule has 3 rings (SSSR count). The van der Waals surface area contributed by atoms with Crippen molar-refractivity contribution in [1.82, 2.24) is 14.8 Å². The number of carbonyl (C=O) groups is 1. The van der Waals surface area contributed by atoms with Gasteiger partial charge in [0.15, 0.2) is 5.82 Å². The molecule has 0 saturated heterocycles. The van der Waals surface area contributed by atoms with Gasteiger partial charge in [-0.05, 0) is 44.4 Å². The summed E-state index contributed by atoms with van der Waals surface area (Å²) in [7, 11) is 0. The van der Waals surface area contributed by atoms with Crippen LogP contribution in [0.1, 0.15) is 46.1 Å². The third kappa shape index (κ3) is 2.12. The Hall–Kier alpha value is -2.17. The average Bonchev–Trinajstić information content (AvgIpc) is 3.05. The van der Waals surface area contributed by atoms with Crippen molar-refractivity contribution in [3.8, 4) is 5.82 Å². The predicted molar refractivity (Wildman–Crippen MR) is 69.8 cm³/mol. The molecule has 5 nitrogen and oxygen atoms in total. The van der Waals surface area contributed by atoms with Crippen molar-refractivity contribution in [3.63, 3.8) is 0 Å². The van der Waals surface area contributed by atoms with Crippen molar-refractivity contribution < 1.29 is 9.90 Å². The summed E-state index contributed by atoms with van der Waals surface area (Å²) < 4.78 is 1.58. The number of hydrogen-bond acceptors (Lipinski definition) is 3. The van der Waals surface area contributed by atoms with E-state index in [2.05, 4.69) is 10.1 Å². The van der Waals surface area contributed by atoms with Gasteiger partial charge >= 0.3 is 5.97 Å². The third-order valence-corrected chi connectivity index (χ3v) is 3.36. The summed E-state index contributed by atoms with van der Waals surface area (Å²) in [5.74, 6) is -0.0270. The molecule has 0 atom stereocenters. The lowest BCUT2D eigenvalue weighted by Crippen LogP contribution is -2.11. The number of carboxylic acid groups (broad SMARTS) is 1. The first-order valence-corrected chi connectivity index (χ1v) is 6.33. The monoisotopic (exact) mass is 257 g/mol. The number of aromatic nitrogens is 3. The zero-order chi connectivity index (χ0) is 13.6. The number of hydrogen-bond donors (Lipinski definition) is 1. The molecule has 1 fully saturated rings. The van der Waals surface area contributed by atoms with Crippen LogP contribution in [0.3, 0.4) is 0 Å². The second-order valence-corrected chi connectivity index (χ2v) is 5.04. The summed E-state index contributed by atoms with van der Waals surface area (Å²) in [6.07, 6.45) is 4.13. The molecule has 1 aliphatic rings. The summed E-state index contributed by atoms with van der Waals surface area (Å²) in [5.41, 5.74) is 2.74. The highest BCUT2D eigenvalue weighted by Gasteiger charge is 2.26. The summed E-state index contributed by atoms with van der Waals surface area (Å²) in [4.78, 5) is 15.7. The highest BCUT2D eigenvalue weighted by Crippen LogP contribution is 2.39. The Morgan fingerprint density at radius 1 is 1.42 bits per heavy atom. The van der Waals surface area contributed by atoms with Crippen LogP contribution >= 0.6 is 0 Å². The molecular weight excluding hydrogens is 242 g/mol. The van der Waals surface area contributed by atoms with Crippen LogP contribution in [0.25, 0.3) is 5.82 Å². The fraction of sp³-hybridized carbons (Fsp3) is 0.357. The van der Waals surface area contributed by atoms with Crippen LogP contribution < -0.4 is 0 Å². The normalized spacial score (nSPS) is 14.6.